The number of hydrogen-bond acceptors (Lipinski definition) is 3. The zero-order valence-electron chi connectivity index (χ0n) is 10.9. The van der Waals surface area contributed by atoms with Gasteiger partial charge >= 0.3 is 0 Å². The Morgan fingerprint density at radius 2 is 2.17 bits per heavy atom. The summed E-state index contributed by atoms with van der Waals surface area (Å²) in [5, 5.41) is 0. The maximum absolute atomic E-state index is 11.8. The average molecular weight is 245 g/mol. The second kappa shape index (κ2) is 3.99. The van der Waals surface area contributed by atoms with Gasteiger partial charge in [-0.25, -0.2) is 0 Å². The normalized spacial score (nSPS) is 22.3. The Bertz CT molecular complexity index is 496. The highest BCUT2D eigenvalue weighted by atomic mass is 16.2. The number of nitrogens with zero attached hydrogens (tertiary/aromatic N) is 2. The van der Waals surface area contributed by atoms with Crippen molar-refractivity contribution >= 4 is 17.3 Å². The van der Waals surface area contributed by atoms with Crippen molar-refractivity contribution in [1.82, 2.24) is 0 Å². The molecule has 0 saturated heterocycles. The Labute approximate surface area is 107 Å². The third-order valence-corrected chi connectivity index (χ3v) is 3.97. The lowest BCUT2D eigenvalue weighted by Crippen LogP contribution is -2.28. The van der Waals surface area contributed by atoms with Gasteiger partial charge in [0.1, 0.15) is 6.04 Å². The Balaban J connectivity index is 1.99. The number of amides is 1. The molecule has 1 aliphatic carbocycles. The number of carbonyl (C=O) groups is 1. The van der Waals surface area contributed by atoms with E-state index in [1.165, 1.54) is 18.5 Å². The Morgan fingerprint density at radius 3 is 2.78 bits per heavy atom. The summed E-state index contributed by atoms with van der Waals surface area (Å²) in [6.45, 7) is 3.18. The van der Waals surface area contributed by atoms with E-state index in [2.05, 4.69) is 24.0 Å². The number of nitrogens with two attached hydrogens (primary N) is 1. The molecule has 1 amide bonds. The van der Waals surface area contributed by atoms with Gasteiger partial charge in [-0.1, -0.05) is 6.07 Å². The number of benzene rings is 1. The molecule has 1 atom stereocenters. The summed E-state index contributed by atoms with van der Waals surface area (Å²) in [6, 6.07) is 6.38. The zero-order valence-corrected chi connectivity index (χ0v) is 10.9. The van der Waals surface area contributed by atoms with E-state index in [1.54, 1.807) is 11.9 Å². The number of fused-ring (bicyclic) bond motifs is 1. The van der Waals surface area contributed by atoms with Gasteiger partial charge in [-0.05, 0) is 31.9 Å². The highest BCUT2D eigenvalue weighted by Gasteiger charge is 2.34. The molecule has 0 spiro atoms. The van der Waals surface area contributed by atoms with Crippen molar-refractivity contribution in [3.63, 3.8) is 0 Å². The van der Waals surface area contributed by atoms with E-state index in [1.807, 2.05) is 6.07 Å². The van der Waals surface area contributed by atoms with Gasteiger partial charge in [0.05, 0.1) is 5.69 Å². The van der Waals surface area contributed by atoms with Crippen molar-refractivity contribution in [3.05, 3.63) is 23.8 Å². The van der Waals surface area contributed by atoms with Gasteiger partial charge in [0, 0.05) is 30.9 Å². The van der Waals surface area contributed by atoms with Crippen LogP contribution in [-0.4, -0.2) is 25.5 Å². The first-order chi connectivity index (χ1) is 8.63. The van der Waals surface area contributed by atoms with E-state index < -0.39 is 6.04 Å². The molecule has 2 aliphatic rings. The predicted octanol–water partition coefficient (Wildman–Crippen LogP) is 1.65. The van der Waals surface area contributed by atoms with Crippen molar-refractivity contribution in [1.29, 1.82) is 0 Å². The maximum atomic E-state index is 11.8. The topological polar surface area (TPSA) is 49.6 Å². The summed E-state index contributed by atoms with van der Waals surface area (Å²) >= 11 is 0. The number of carbonyl (C=O) groups excluding carboxylic acids is 1. The van der Waals surface area contributed by atoms with Crippen LogP contribution in [0.5, 0.6) is 0 Å². The quantitative estimate of drug-likeness (QED) is 0.881. The van der Waals surface area contributed by atoms with Crippen LogP contribution in [0.1, 0.15) is 31.4 Å². The summed E-state index contributed by atoms with van der Waals surface area (Å²) in [5.74, 6) is -0.0170. The average Bonchev–Trinajstić information content (AvgIpc) is 3.18. The van der Waals surface area contributed by atoms with Crippen LogP contribution in [0.2, 0.25) is 0 Å². The van der Waals surface area contributed by atoms with Crippen LogP contribution < -0.4 is 15.5 Å². The molecule has 4 heteroatoms. The van der Waals surface area contributed by atoms with Gasteiger partial charge in [0.2, 0.25) is 5.91 Å². The number of anilines is 2. The second-order valence-electron chi connectivity index (χ2n) is 5.14. The van der Waals surface area contributed by atoms with Gasteiger partial charge in [-0.15, -0.1) is 0 Å². The fourth-order valence-electron chi connectivity index (χ4n) is 2.76. The van der Waals surface area contributed by atoms with Gasteiger partial charge in [0.15, 0.2) is 0 Å². The number of hydrogen-bond donors (Lipinski definition) is 1. The van der Waals surface area contributed by atoms with E-state index in [-0.39, 0.29) is 5.91 Å². The molecule has 2 N–H and O–H groups in total. The fraction of sp³-hybridized carbons (Fsp3) is 0.500. The molecule has 1 aromatic rings. The van der Waals surface area contributed by atoms with Crippen molar-refractivity contribution in [2.24, 2.45) is 5.73 Å². The maximum Gasteiger partial charge on any atom is 0.248 e. The third kappa shape index (κ3) is 1.60. The van der Waals surface area contributed by atoms with Crippen LogP contribution in [0.4, 0.5) is 11.4 Å². The van der Waals surface area contributed by atoms with Gasteiger partial charge in [0.25, 0.3) is 0 Å². The third-order valence-electron chi connectivity index (χ3n) is 3.97. The van der Waals surface area contributed by atoms with E-state index in [0.717, 1.165) is 17.8 Å². The van der Waals surface area contributed by atoms with Crippen molar-refractivity contribution in [2.45, 2.75) is 31.8 Å². The minimum atomic E-state index is -0.491. The standard InChI is InChI=1S/C14H19N3O/c1-3-17(9-4-5-9)10-6-7-11-12(8-10)16(2)14(18)13(11)15/h6-9,13H,3-5,15H2,1-2H3. The second-order valence-corrected chi connectivity index (χ2v) is 5.14. The lowest BCUT2D eigenvalue weighted by atomic mass is 10.1. The van der Waals surface area contributed by atoms with Gasteiger partial charge < -0.3 is 15.5 Å². The number of likely N-dealkylation sites (N-methyl/N-ethyl adjacent to an activating group) is 1. The highest BCUT2D eigenvalue weighted by Crippen LogP contribution is 2.39. The smallest absolute Gasteiger partial charge is 0.248 e. The summed E-state index contributed by atoms with van der Waals surface area (Å²) < 4.78 is 0. The summed E-state index contributed by atoms with van der Waals surface area (Å²) in [4.78, 5) is 15.9. The molecule has 0 bridgehead atoms. The molecule has 1 heterocycles. The number of rotatable bonds is 3. The van der Waals surface area contributed by atoms with Gasteiger partial charge in [-0.3, -0.25) is 4.79 Å². The minimum absolute atomic E-state index is 0.0170. The minimum Gasteiger partial charge on any atom is -0.369 e. The molecule has 4 nitrogen and oxygen atoms in total. The van der Waals surface area contributed by atoms with Crippen LogP contribution in [0.25, 0.3) is 0 Å². The van der Waals surface area contributed by atoms with Crippen LogP contribution in [0.3, 0.4) is 0 Å². The van der Waals surface area contributed by atoms with Crippen LogP contribution >= 0.6 is 0 Å². The zero-order chi connectivity index (χ0) is 12.9. The molecule has 1 aromatic carbocycles. The molecule has 0 aromatic heterocycles. The molecule has 1 fully saturated rings. The van der Waals surface area contributed by atoms with Crippen molar-refractivity contribution in [3.8, 4) is 0 Å². The Morgan fingerprint density at radius 1 is 1.44 bits per heavy atom. The first kappa shape index (κ1) is 11.5. The Kier molecular flexibility index (Phi) is 2.55. The Hall–Kier alpha value is -1.55. The van der Waals surface area contributed by atoms with E-state index in [0.29, 0.717) is 6.04 Å². The summed E-state index contributed by atoms with van der Waals surface area (Å²) in [7, 11) is 1.80. The summed E-state index contributed by atoms with van der Waals surface area (Å²) in [5.41, 5.74) is 9.01. The first-order valence-electron chi connectivity index (χ1n) is 6.57. The van der Waals surface area contributed by atoms with E-state index in [9.17, 15) is 4.79 Å². The lowest BCUT2D eigenvalue weighted by molar-refractivity contribution is -0.118. The monoisotopic (exact) mass is 245 g/mol. The molecule has 3 rings (SSSR count). The molecule has 18 heavy (non-hydrogen) atoms. The molecule has 1 aliphatic heterocycles. The largest absolute Gasteiger partial charge is 0.369 e. The predicted molar refractivity (Wildman–Crippen MR) is 72.8 cm³/mol. The SMILES string of the molecule is CCN(c1ccc2c(c1)N(C)C(=O)C2N)C1CC1. The van der Waals surface area contributed by atoms with Crippen molar-refractivity contribution in [2.75, 3.05) is 23.4 Å². The molecule has 1 unspecified atom stereocenters. The highest BCUT2D eigenvalue weighted by molar-refractivity contribution is 6.04. The van der Waals surface area contributed by atoms with Crippen LogP contribution in [0, 0.1) is 0 Å². The van der Waals surface area contributed by atoms with Crippen LogP contribution in [0.15, 0.2) is 18.2 Å². The molecular formula is C14H19N3O. The molecular weight excluding hydrogens is 226 g/mol. The first-order valence-corrected chi connectivity index (χ1v) is 6.57. The van der Waals surface area contributed by atoms with E-state index >= 15 is 0 Å². The fourth-order valence-corrected chi connectivity index (χ4v) is 2.76. The van der Waals surface area contributed by atoms with E-state index in [4.69, 9.17) is 5.73 Å². The molecule has 0 radical (unpaired) electrons. The molecule has 96 valence electrons. The van der Waals surface area contributed by atoms with Crippen molar-refractivity contribution < 1.29 is 4.79 Å². The molecule has 1 saturated carbocycles. The van der Waals surface area contributed by atoms with Crippen LogP contribution in [-0.2, 0) is 4.79 Å². The van der Waals surface area contributed by atoms with Gasteiger partial charge in [-0.2, -0.15) is 0 Å². The summed E-state index contributed by atoms with van der Waals surface area (Å²) in [6.07, 6.45) is 2.55. The lowest BCUT2D eigenvalue weighted by Gasteiger charge is -2.24.